The molecule has 8 heteroatoms. The maximum atomic E-state index is 12.9. The summed E-state index contributed by atoms with van der Waals surface area (Å²) < 4.78 is 48.9. The Bertz CT molecular complexity index is 718. The van der Waals surface area contributed by atoms with E-state index in [1.54, 1.807) is 26.0 Å². The zero-order valence-corrected chi connectivity index (χ0v) is 13.6. The van der Waals surface area contributed by atoms with Crippen LogP contribution in [0.15, 0.2) is 42.6 Å². The number of pyridine rings is 1. The van der Waals surface area contributed by atoms with Gasteiger partial charge in [-0.15, -0.1) is 0 Å². The van der Waals surface area contributed by atoms with E-state index < -0.39 is 29.6 Å². The Labute approximate surface area is 142 Å². The summed E-state index contributed by atoms with van der Waals surface area (Å²) in [6.07, 6.45) is -3.33. The molecule has 2 aromatic rings. The Hall–Kier alpha value is -2.77. The second-order valence-electron chi connectivity index (χ2n) is 5.10. The lowest BCUT2D eigenvalue weighted by Gasteiger charge is -2.15. The van der Waals surface area contributed by atoms with Crippen molar-refractivity contribution in [1.82, 2.24) is 4.98 Å². The molecule has 1 N–H and O–H groups in total. The van der Waals surface area contributed by atoms with E-state index in [0.29, 0.717) is 5.69 Å². The molecule has 0 spiro atoms. The van der Waals surface area contributed by atoms with Crippen LogP contribution < -0.4 is 10.1 Å². The number of ether oxygens (including phenoxy) is 2. The Morgan fingerprint density at radius 3 is 2.52 bits per heavy atom. The molecule has 0 saturated carbocycles. The molecule has 1 unspecified atom stereocenters. The molecule has 0 radical (unpaired) electrons. The highest BCUT2D eigenvalue weighted by atomic mass is 19.4. The van der Waals surface area contributed by atoms with E-state index >= 15 is 0 Å². The highest BCUT2D eigenvalue weighted by molar-refractivity contribution is 5.78. The summed E-state index contributed by atoms with van der Waals surface area (Å²) in [6, 6.07) is 7.67. The second-order valence-corrected chi connectivity index (χ2v) is 5.10. The van der Waals surface area contributed by atoms with Crippen molar-refractivity contribution >= 4 is 11.7 Å². The van der Waals surface area contributed by atoms with Crippen molar-refractivity contribution in [3.63, 3.8) is 0 Å². The topological polar surface area (TPSA) is 60.5 Å². The number of carbonyl (C=O) groups is 1. The number of hydrogen-bond donors (Lipinski definition) is 1. The van der Waals surface area contributed by atoms with Gasteiger partial charge in [-0.3, -0.25) is 0 Å². The monoisotopic (exact) mass is 354 g/mol. The average Bonchev–Trinajstić information content (AvgIpc) is 2.56. The van der Waals surface area contributed by atoms with E-state index in [9.17, 15) is 18.0 Å². The molecule has 5 nitrogen and oxygen atoms in total. The van der Waals surface area contributed by atoms with Crippen molar-refractivity contribution in [2.24, 2.45) is 0 Å². The molecular weight excluding hydrogens is 337 g/mol. The van der Waals surface area contributed by atoms with Gasteiger partial charge in [0.25, 0.3) is 0 Å². The maximum Gasteiger partial charge on any atom is 0.421 e. The van der Waals surface area contributed by atoms with Gasteiger partial charge in [0.2, 0.25) is 5.88 Å². The van der Waals surface area contributed by atoms with Gasteiger partial charge in [-0.2, -0.15) is 13.2 Å². The summed E-state index contributed by atoms with van der Waals surface area (Å²) in [6.45, 7) is 3.64. The minimum Gasteiger partial charge on any atom is -0.464 e. The average molecular weight is 354 g/mol. The van der Waals surface area contributed by atoms with Gasteiger partial charge in [-0.25, -0.2) is 9.78 Å². The summed E-state index contributed by atoms with van der Waals surface area (Å²) in [5.41, 5.74) is -0.349. The van der Waals surface area contributed by atoms with Crippen molar-refractivity contribution in [3.8, 4) is 11.6 Å². The lowest BCUT2D eigenvalue weighted by atomic mass is 10.2. The van der Waals surface area contributed by atoms with Crippen LogP contribution in [0.4, 0.5) is 18.9 Å². The number of aromatic nitrogens is 1. The highest BCUT2D eigenvalue weighted by Gasteiger charge is 2.35. The molecule has 1 heterocycles. The summed E-state index contributed by atoms with van der Waals surface area (Å²) in [5.74, 6) is -0.722. The van der Waals surface area contributed by atoms with Crippen molar-refractivity contribution in [2.45, 2.75) is 26.1 Å². The minimum atomic E-state index is -4.56. The Morgan fingerprint density at radius 2 is 1.92 bits per heavy atom. The minimum absolute atomic E-state index is 0.193. The van der Waals surface area contributed by atoms with Gasteiger partial charge in [-0.1, -0.05) is 0 Å². The zero-order chi connectivity index (χ0) is 18.4. The van der Waals surface area contributed by atoms with Crippen molar-refractivity contribution in [1.29, 1.82) is 0 Å². The lowest BCUT2D eigenvalue weighted by molar-refractivity contribution is -0.143. The normalized spacial score (nSPS) is 12.4. The van der Waals surface area contributed by atoms with Crippen LogP contribution in [0.3, 0.4) is 0 Å². The van der Waals surface area contributed by atoms with Gasteiger partial charge in [-0.05, 0) is 50.2 Å². The van der Waals surface area contributed by atoms with Crippen LogP contribution in [0.2, 0.25) is 0 Å². The number of nitrogens with zero attached hydrogens (tertiary/aromatic N) is 1. The van der Waals surface area contributed by atoms with E-state index in [2.05, 4.69) is 10.3 Å². The van der Waals surface area contributed by atoms with Gasteiger partial charge >= 0.3 is 12.1 Å². The van der Waals surface area contributed by atoms with Crippen molar-refractivity contribution in [3.05, 3.63) is 48.2 Å². The zero-order valence-electron chi connectivity index (χ0n) is 13.6. The van der Waals surface area contributed by atoms with Crippen LogP contribution >= 0.6 is 0 Å². The quantitative estimate of drug-likeness (QED) is 0.786. The van der Waals surface area contributed by atoms with Crippen LogP contribution in [0.1, 0.15) is 19.4 Å². The van der Waals surface area contributed by atoms with Gasteiger partial charge in [0.05, 0.1) is 6.61 Å². The number of alkyl halides is 3. The van der Waals surface area contributed by atoms with E-state index in [-0.39, 0.29) is 12.4 Å². The fraction of sp³-hybridized carbons (Fsp3) is 0.294. The molecule has 0 aliphatic rings. The Balaban J connectivity index is 2.08. The fourth-order valence-electron chi connectivity index (χ4n) is 1.99. The number of benzene rings is 1. The van der Waals surface area contributed by atoms with Crippen LogP contribution in [0.25, 0.3) is 0 Å². The van der Waals surface area contributed by atoms with Gasteiger partial charge in [0, 0.05) is 11.9 Å². The maximum absolute atomic E-state index is 12.9. The molecule has 0 amide bonds. The smallest absolute Gasteiger partial charge is 0.421 e. The number of hydrogen-bond acceptors (Lipinski definition) is 5. The molecule has 0 aliphatic carbocycles. The van der Waals surface area contributed by atoms with E-state index in [1.807, 2.05) is 0 Å². The summed E-state index contributed by atoms with van der Waals surface area (Å²) in [4.78, 5) is 15.2. The van der Waals surface area contributed by atoms with Crippen LogP contribution in [0, 0.1) is 0 Å². The van der Waals surface area contributed by atoms with Crippen LogP contribution in [0.5, 0.6) is 11.6 Å². The number of esters is 1. The third-order valence-electron chi connectivity index (χ3n) is 3.17. The van der Waals surface area contributed by atoms with Crippen LogP contribution in [-0.2, 0) is 15.7 Å². The number of rotatable bonds is 6. The Morgan fingerprint density at radius 1 is 1.24 bits per heavy atom. The van der Waals surface area contributed by atoms with Gasteiger partial charge < -0.3 is 14.8 Å². The van der Waals surface area contributed by atoms with E-state index in [4.69, 9.17) is 9.47 Å². The molecular formula is C17H17F3N2O3. The molecule has 2 rings (SSSR count). The number of nitrogens with one attached hydrogen (secondary N) is 1. The molecule has 134 valence electrons. The fourth-order valence-corrected chi connectivity index (χ4v) is 1.99. The predicted molar refractivity (Wildman–Crippen MR) is 85.5 cm³/mol. The van der Waals surface area contributed by atoms with Crippen molar-refractivity contribution < 1.29 is 27.4 Å². The van der Waals surface area contributed by atoms with Crippen molar-refractivity contribution in [2.75, 3.05) is 11.9 Å². The molecule has 25 heavy (non-hydrogen) atoms. The first-order valence-corrected chi connectivity index (χ1v) is 7.54. The molecule has 1 aromatic heterocycles. The van der Waals surface area contributed by atoms with E-state index in [0.717, 1.165) is 6.07 Å². The third-order valence-corrected chi connectivity index (χ3v) is 3.17. The Kier molecular flexibility index (Phi) is 5.84. The standard InChI is InChI=1S/C17H17F3N2O3/c1-3-24-16(23)11(2)22-12-6-8-13(9-7-12)25-15-14(17(18,19)20)5-4-10-21-15/h4-11,22H,3H2,1-2H3. The molecule has 0 bridgehead atoms. The van der Waals surface area contributed by atoms with Gasteiger partial charge in [0.1, 0.15) is 17.4 Å². The molecule has 1 atom stereocenters. The molecule has 0 fully saturated rings. The lowest BCUT2D eigenvalue weighted by Crippen LogP contribution is -2.28. The first-order chi connectivity index (χ1) is 11.8. The molecule has 1 aromatic carbocycles. The number of carbonyl (C=O) groups excluding carboxylic acids is 1. The summed E-state index contributed by atoms with van der Waals surface area (Å²) in [7, 11) is 0. The largest absolute Gasteiger partial charge is 0.464 e. The first kappa shape index (κ1) is 18.6. The van der Waals surface area contributed by atoms with Crippen LogP contribution in [-0.4, -0.2) is 23.6 Å². The van der Waals surface area contributed by atoms with E-state index in [1.165, 1.54) is 24.4 Å². The van der Waals surface area contributed by atoms with Gasteiger partial charge in [0.15, 0.2) is 0 Å². The number of halogens is 3. The first-order valence-electron chi connectivity index (χ1n) is 7.54. The molecule has 0 saturated heterocycles. The second kappa shape index (κ2) is 7.87. The third kappa shape index (κ3) is 5.10. The summed E-state index contributed by atoms with van der Waals surface area (Å²) in [5, 5.41) is 2.93. The summed E-state index contributed by atoms with van der Waals surface area (Å²) >= 11 is 0. The highest BCUT2D eigenvalue weighted by Crippen LogP contribution is 2.36. The SMILES string of the molecule is CCOC(=O)C(C)Nc1ccc(Oc2ncccc2C(F)(F)F)cc1. The predicted octanol–water partition coefficient (Wildman–Crippen LogP) is 4.26. The molecule has 0 aliphatic heterocycles. The number of anilines is 1.